The third kappa shape index (κ3) is 13.2. The minimum absolute atomic E-state index is 0.354. The Labute approximate surface area is 209 Å². The summed E-state index contributed by atoms with van der Waals surface area (Å²) in [4.78, 5) is 25.9. The molecule has 0 aliphatic heterocycles. The lowest BCUT2D eigenvalue weighted by atomic mass is 9.96. The molecule has 0 amide bonds. The molecule has 0 aliphatic carbocycles. The van der Waals surface area contributed by atoms with E-state index < -0.39 is 5.97 Å². The molecule has 0 saturated heterocycles. The number of unbranched alkanes of at least 4 members (excludes halogenated alkanes) is 13. The molecule has 1 aromatic carbocycles. The molecule has 0 saturated carbocycles. The number of carbonyl (C=O) groups excluding carboxylic acids is 2. The number of carbonyl (C=O) groups is 2. The highest BCUT2D eigenvalue weighted by atomic mass is 16.5. The van der Waals surface area contributed by atoms with Gasteiger partial charge in [-0.3, -0.25) is 0 Å². The van der Waals surface area contributed by atoms with Crippen LogP contribution in [0.15, 0.2) is 18.2 Å². The van der Waals surface area contributed by atoms with Crippen molar-refractivity contribution in [2.45, 2.75) is 130 Å². The Balaban J connectivity index is 2.76. The summed E-state index contributed by atoms with van der Waals surface area (Å²) in [6, 6.07) is 5.54. The van der Waals surface area contributed by atoms with Gasteiger partial charge in [-0.1, -0.05) is 116 Å². The van der Waals surface area contributed by atoms with Crippen molar-refractivity contribution in [3.63, 3.8) is 0 Å². The van der Waals surface area contributed by atoms with Crippen LogP contribution in [0.25, 0.3) is 0 Å². The van der Waals surface area contributed by atoms with Gasteiger partial charge in [0.2, 0.25) is 0 Å². The highest BCUT2D eigenvalue weighted by Gasteiger charge is 2.23. The molecule has 0 radical (unpaired) electrons. The molecule has 1 rings (SSSR count). The van der Waals surface area contributed by atoms with Crippen LogP contribution in [-0.4, -0.2) is 25.2 Å². The number of esters is 2. The molecule has 0 atom stereocenters. The first-order chi connectivity index (χ1) is 16.7. The predicted octanol–water partition coefficient (Wildman–Crippen LogP) is 8.84. The number of hydrogen-bond donors (Lipinski definition) is 0. The minimum atomic E-state index is -0.409. The summed E-state index contributed by atoms with van der Waals surface area (Å²) in [6.45, 7) is 7.38. The van der Waals surface area contributed by atoms with E-state index in [1.165, 1.54) is 51.4 Å². The number of rotatable bonds is 21. The number of hydrogen-bond acceptors (Lipinski definition) is 4. The van der Waals surface area contributed by atoms with Crippen molar-refractivity contribution in [3.8, 4) is 0 Å². The molecule has 194 valence electrons. The summed E-state index contributed by atoms with van der Waals surface area (Å²) in [6.07, 6.45) is 18.9. The first kappa shape index (κ1) is 30.2. The lowest BCUT2D eigenvalue weighted by Crippen LogP contribution is -2.17. The highest BCUT2D eigenvalue weighted by molar-refractivity contribution is 6.04. The Bertz CT molecular complexity index is 668. The van der Waals surface area contributed by atoms with Crippen LogP contribution in [0.2, 0.25) is 0 Å². The second-order valence-corrected chi connectivity index (χ2v) is 9.46. The summed E-state index contributed by atoms with van der Waals surface area (Å²) in [5.74, 6) is -0.791. The lowest BCUT2D eigenvalue weighted by Gasteiger charge is -2.14. The van der Waals surface area contributed by atoms with Gasteiger partial charge in [0, 0.05) is 0 Å². The summed E-state index contributed by atoms with van der Waals surface area (Å²) in [5.41, 5.74) is 1.68. The van der Waals surface area contributed by atoms with Gasteiger partial charge in [0.15, 0.2) is 0 Å². The Kier molecular flexibility index (Phi) is 18.2. The number of benzene rings is 1. The van der Waals surface area contributed by atoms with E-state index in [4.69, 9.17) is 9.47 Å². The monoisotopic (exact) mass is 474 g/mol. The fourth-order valence-corrected chi connectivity index (χ4v) is 4.21. The zero-order chi connectivity index (χ0) is 24.9. The average Bonchev–Trinajstić information content (AvgIpc) is 2.85. The first-order valence-electron chi connectivity index (χ1n) is 14.1. The van der Waals surface area contributed by atoms with E-state index in [0.717, 1.165) is 63.4 Å². The van der Waals surface area contributed by atoms with Crippen LogP contribution < -0.4 is 0 Å². The van der Waals surface area contributed by atoms with Gasteiger partial charge >= 0.3 is 11.9 Å². The number of aryl methyl sites for hydroxylation is 1. The quantitative estimate of drug-likeness (QED) is 0.132. The molecule has 0 spiro atoms. The van der Waals surface area contributed by atoms with Crippen molar-refractivity contribution in [2.24, 2.45) is 0 Å². The largest absolute Gasteiger partial charge is 0.462 e. The van der Waals surface area contributed by atoms with E-state index in [-0.39, 0.29) is 5.97 Å². The number of ether oxygens (including phenoxy) is 2. The molecule has 4 heteroatoms. The zero-order valence-electron chi connectivity index (χ0n) is 22.3. The van der Waals surface area contributed by atoms with E-state index in [2.05, 4.69) is 20.8 Å². The standard InChI is InChI=1S/C30H50O4/c1-4-7-10-13-15-17-21-26-22-20-23-27(29(31)33-24-18-12-9-6-3)28(26)30(32)34-25-19-16-14-11-8-5-2/h20,22-23H,4-19,21,24-25H2,1-3H3. The van der Waals surface area contributed by atoms with Gasteiger partial charge in [-0.05, 0) is 37.3 Å². The van der Waals surface area contributed by atoms with Gasteiger partial charge < -0.3 is 9.47 Å². The molecule has 0 aliphatic rings. The Hall–Kier alpha value is -1.84. The molecule has 0 unspecified atom stereocenters. The van der Waals surface area contributed by atoms with Crippen LogP contribution in [0, 0.1) is 0 Å². The maximum Gasteiger partial charge on any atom is 0.339 e. The predicted molar refractivity (Wildman–Crippen MR) is 142 cm³/mol. The highest BCUT2D eigenvalue weighted by Crippen LogP contribution is 2.21. The van der Waals surface area contributed by atoms with Gasteiger partial charge in [-0.25, -0.2) is 9.59 Å². The molecule has 34 heavy (non-hydrogen) atoms. The Morgan fingerprint density at radius 1 is 0.588 bits per heavy atom. The molecular formula is C30H50O4. The molecular weight excluding hydrogens is 424 g/mol. The maximum atomic E-state index is 13.1. The van der Waals surface area contributed by atoms with Crippen molar-refractivity contribution in [1.29, 1.82) is 0 Å². The third-order valence-corrected chi connectivity index (χ3v) is 6.34. The summed E-state index contributed by atoms with van der Waals surface area (Å²) >= 11 is 0. The summed E-state index contributed by atoms with van der Waals surface area (Å²) in [7, 11) is 0. The van der Waals surface area contributed by atoms with Crippen LogP contribution in [0.1, 0.15) is 150 Å². The fourth-order valence-electron chi connectivity index (χ4n) is 4.21. The molecule has 0 bridgehead atoms. The maximum absolute atomic E-state index is 13.1. The normalized spacial score (nSPS) is 10.9. The fraction of sp³-hybridized carbons (Fsp3) is 0.733. The Morgan fingerprint density at radius 2 is 1.06 bits per heavy atom. The van der Waals surface area contributed by atoms with E-state index in [0.29, 0.717) is 24.3 Å². The molecule has 0 heterocycles. The summed E-state index contributed by atoms with van der Waals surface area (Å²) in [5, 5.41) is 0. The minimum Gasteiger partial charge on any atom is -0.462 e. The zero-order valence-corrected chi connectivity index (χ0v) is 22.3. The van der Waals surface area contributed by atoms with Crippen molar-refractivity contribution >= 4 is 11.9 Å². The molecule has 4 nitrogen and oxygen atoms in total. The molecule has 1 aromatic rings. The Morgan fingerprint density at radius 3 is 1.65 bits per heavy atom. The second-order valence-electron chi connectivity index (χ2n) is 9.46. The van der Waals surface area contributed by atoms with E-state index >= 15 is 0 Å². The topological polar surface area (TPSA) is 52.6 Å². The van der Waals surface area contributed by atoms with Gasteiger partial charge in [0.05, 0.1) is 24.3 Å². The second kappa shape index (κ2) is 20.5. The van der Waals surface area contributed by atoms with Crippen molar-refractivity contribution in [3.05, 3.63) is 34.9 Å². The smallest absolute Gasteiger partial charge is 0.339 e. The molecule has 0 aromatic heterocycles. The SMILES string of the molecule is CCCCCCCCOC(=O)c1c(CCCCCCCC)cccc1C(=O)OCCCCCC. The van der Waals surface area contributed by atoms with Gasteiger partial charge in [0.25, 0.3) is 0 Å². The van der Waals surface area contributed by atoms with Crippen LogP contribution in [0.5, 0.6) is 0 Å². The van der Waals surface area contributed by atoms with Crippen LogP contribution >= 0.6 is 0 Å². The van der Waals surface area contributed by atoms with Crippen LogP contribution in [-0.2, 0) is 15.9 Å². The van der Waals surface area contributed by atoms with E-state index in [9.17, 15) is 9.59 Å². The van der Waals surface area contributed by atoms with Crippen LogP contribution in [0.4, 0.5) is 0 Å². The van der Waals surface area contributed by atoms with Gasteiger partial charge in [-0.15, -0.1) is 0 Å². The van der Waals surface area contributed by atoms with Crippen LogP contribution in [0.3, 0.4) is 0 Å². The van der Waals surface area contributed by atoms with Crippen molar-refractivity contribution < 1.29 is 19.1 Å². The van der Waals surface area contributed by atoms with E-state index in [1.54, 1.807) is 6.07 Å². The lowest BCUT2D eigenvalue weighted by molar-refractivity contribution is 0.0449. The first-order valence-corrected chi connectivity index (χ1v) is 14.1. The molecule has 0 fully saturated rings. The van der Waals surface area contributed by atoms with Gasteiger partial charge in [0.1, 0.15) is 0 Å². The van der Waals surface area contributed by atoms with Crippen molar-refractivity contribution in [1.82, 2.24) is 0 Å². The average molecular weight is 475 g/mol. The molecule has 0 N–H and O–H groups in total. The van der Waals surface area contributed by atoms with Crippen molar-refractivity contribution in [2.75, 3.05) is 13.2 Å². The summed E-state index contributed by atoms with van der Waals surface area (Å²) < 4.78 is 11.2. The van der Waals surface area contributed by atoms with E-state index in [1.807, 2.05) is 12.1 Å². The van der Waals surface area contributed by atoms with Gasteiger partial charge in [-0.2, -0.15) is 0 Å². The third-order valence-electron chi connectivity index (χ3n) is 6.34.